The van der Waals surface area contributed by atoms with Crippen molar-refractivity contribution in [1.29, 1.82) is 0 Å². The summed E-state index contributed by atoms with van der Waals surface area (Å²) in [6.07, 6.45) is 0. The fourth-order valence-electron chi connectivity index (χ4n) is 1.16. The molecule has 0 aromatic heterocycles. The molecule has 0 unspecified atom stereocenters. The Hall–Kier alpha value is -1.25. The molecule has 0 amide bonds. The van der Waals surface area contributed by atoms with Crippen LogP contribution in [0.5, 0.6) is 11.5 Å². The van der Waals surface area contributed by atoms with Gasteiger partial charge in [0.2, 0.25) is 6.86 Å². The third kappa shape index (κ3) is 1.91. The molecule has 1 aromatic rings. The van der Waals surface area contributed by atoms with Gasteiger partial charge in [-0.2, -0.15) is 0 Å². The van der Waals surface area contributed by atoms with Crippen molar-refractivity contribution < 1.29 is 13.9 Å². The van der Waals surface area contributed by atoms with Gasteiger partial charge in [0.25, 0.3) is 0 Å². The van der Waals surface area contributed by atoms with E-state index >= 15 is 0 Å². The largest absolute Gasteiger partial charge is 0.493 e. The van der Waals surface area contributed by atoms with Crippen molar-refractivity contribution in [3.63, 3.8) is 0 Å². The lowest BCUT2D eigenvalue weighted by molar-refractivity contribution is 0.183. The topological polar surface area (TPSA) is 18.5 Å². The molecule has 13 heavy (non-hydrogen) atoms. The Bertz CT molecular complexity index is 297. The van der Waals surface area contributed by atoms with Crippen LogP contribution in [-0.4, -0.2) is 14.0 Å². The minimum atomic E-state index is -0.833. The van der Waals surface area contributed by atoms with Gasteiger partial charge in [-0.05, 0) is 31.0 Å². The van der Waals surface area contributed by atoms with Crippen LogP contribution in [0.3, 0.4) is 0 Å². The van der Waals surface area contributed by atoms with Crippen LogP contribution in [0.2, 0.25) is 0 Å². The maximum Gasteiger partial charge on any atom is 0.228 e. The summed E-state index contributed by atoms with van der Waals surface area (Å²) in [7, 11) is 1.54. The van der Waals surface area contributed by atoms with E-state index in [9.17, 15) is 4.39 Å². The van der Waals surface area contributed by atoms with E-state index in [1.165, 1.54) is 7.11 Å². The molecule has 0 fully saturated rings. The van der Waals surface area contributed by atoms with E-state index in [2.05, 4.69) is 0 Å². The summed E-state index contributed by atoms with van der Waals surface area (Å²) in [6.45, 7) is 2.99. The summed E-state index contributed by atoms with van der Waals surface area (Å²) in [6, 6.07) is 3.69. The zero-order valence-electron chi connectivity index (χ0n) is 8.06. The van der Waals surface area contributed by atoms with Crippen LogP contribution < -0.4 is 9.47 Å². The Balaban J connectivity index is 3.15. The number of hydrogen-bond acceptors (Lipinski definition) is 2. The maximum atomic E-state index is 12.0. The molecule has 0 heterocycles. The second kappa shape index (κ2) is 4.12. The third-order valence-electron chi connectivity index (χ3n) is 2.06. The average Bonchev–Trinajstić information content (AvgIpc) is 2.14. The van der Waals surface area contributed by atoms with Crippen molar-refractivity contribution in [3.8, 4) is 11.5 Å². The van der Waals surface area contributed by atoms with Gasteiger partial charge in [-0.1, -0.05) is 6.07 Å². The van der Waals surface area contributed by atoms with Crippen molar-refractivity contribution >= 4 is 0 Å². The summed E-state index contributed by atoms with van der Waals surface area (Å²) < 4.78 is 21.9. The summed E-state index contributed by atoms with van der Waals surface area (Å²) in [4.78, 5) is 0. The summed E-state index contributed by atoms with van der Waals surface area (Å²) in [5.74, 6) is 1.06. The van der Waals surface area contributed by atoms with Crippen LogP contribution >= 0.6 is 0 Å². The number of benzene rings is 1. The van der Waals surface area contributed by atoms with Crippen LogP contribution in [0.1, 0.15) is 11.1 Å². The smallest absolute Gasteiger partial charge is 0.228 e. The first kappa shape index (κ1) is 9.84. The van der Waals surface area contributed by atoms with Crippen molar-refractivity contribution in [1.82, 2.24) is 0 Å². The highest BCUT2D eigenvalue weighted by atomic mass is 19.1. The minimum absolute atomic E-state index is 0.491. The number of ether oxygens (including phenoxy) is 2. The standard InChI is InChI=1S/C10H13FO2/c1-7-4-5-9(12-3)10(8(7)2)13-6-11/h4-5H,6H2,1-3H3. The fraction of sp³-hybridized carbons (Fsp3) is 0.400. The molecule has 0 bridgehead atoms. The predicted octanol–water partition coefficient (Wildman–Crippen LogP) is 2.62. The molecule has 0 spiro atoms. The molecule has 0 N–H and O–H groups in total. The second-order valence-electron chi connectivity index (χ2n) is 2.79. The van der Waals surface area contributed by atoms with E-state index in [0.29, 0.717) is 11.5 Å². The Morgan fingerprint density at radius 1 is 1.31 bits per heavy atom. The van der Waals surface area contributed by atoms with E-state index in [4.69, 9.17) is 9.47 Å². The number of methoxy groups -OCH3 is 1. The monoisotopic (exact) mass is 184 g/mol. The maximum absolute atomic E-state index is 12.0. The Morgan fingerprint density at radius 2 is 2.00 bits per heavy atom. The Morgan fingerprint density at radius 3 is 2.54 bits per heavy atom. The number of hydrogen-bond donors (Lipinski definition) is 0. The van der Waals surface area contributed by atoms with E-state index in [-0.39, 0.29) is 0 Å². The van der Waals surface area contributed by atoms with Crippen molar-refractivity contribution in [2.45, 2.75) is 13.8 Å². The summed E-state index contributed by atoms with van der Waals surface area (Å²) >= 11 is 0. The predicted molar refractivity (Wildman–Crippen MR) is 49.1 cm³/mol. The van der Waals surface area contributed by atoms with Gasteiger partial charge in [0.05, 0.1) is 7.11 Å². The molecule has 0 aliphatic carbocycles. The molecule has 0 saturated carbocycles. The van der Waals surface area contributed by atoms with Crippen molar-refractivity contribution in [2.24, 2.45) is 0 Å². The lowest BCUT2D eigenvalue weighted by Gasteiger charge is -2.12. The van der Waals surface area contributed by atoms with Crippen LogP contribution in [-0.2, 0) is 0 Å². The van der Waals surface area contributed by atoms with Gasteiger partial charge in [-0.15, -0.1) is 0 Å². The molecule has 0 aliphatic rings. The van der Waals surface area contributed by atoms with Gasteiger partial charge in [0.15, 0.2) is 11.5 Å². The fourth-order valence-corrected chi connectivity index (χ4v) is 1.16. The quantitative estimate of drug-likeness (QED) is 0.718. The first-order chi connectivity index (χ1) is 6.20. The SMILES string of the molecule is COc1ccc(C)c(C)c1OCF. The van der Waals surface area contributed by atoms with Crippen LogP contribution in [0.4, 0.5) is 4.39 Å². The van der Waals surface area contributed by atoms with Gasteiger partial charge in [0.1, 0.15) is 0 Å². The lowest BCUT2D eigenvalue weighted by atomic mass is 10.1. The van der Waals surface area contributed by atoms with Crippen LogP contribution in [0, 0.1) is 13.8 Å². The van der Waals surface area contributed by atoms with Crippen molar-refractivity contribution in [2.75, 3.05) is 14.0 Å². The second-order valence-corrected chi connectivity index (χ2v) is 2.79. The molecule has 2 nitrogen and oxygen atoms in total. The average molecular weight is 184 g/mol. The number of alkyl halides is 1. The first-order valence-electron chi connectivity index (χ1n) is 4.03. The number of halogens is 1. The van der Waals surface area contributed by atoms with E-state index in [1.807, 2.05) is 19.9 Å². The van der Waals surface area contributed by atoms with Gasteiger partial charge < -0.3 is 9.47 Å². The molecule has 3 heteroatoms. The highest BCUT2D eigenvalue weighted by Gasteiger charge is 2.09. The van der Waals surface area contributed by atoms with E-state index < -0.39 is 6.86 Å². The minimum Gasteiger partial charge on any atom is -0.493 e. The van der Waals surface area contributed by atoms with Crippen LogP contribution in [0.25, 0.3) is 0 Å². The van der Waals surface area contributed by atoms with E-state index in [1.54, 1.807) is 6.07 Å². The zero-order chi connectivity index (χ0) is 9.84. The molecular formula is C10H13FO2. The normalized spacial score (nSPS) is 9.85. The van der Waals surface area contributed by atoms with E-state index in [0.717, 1.165) is 11.1 Å². The third-order valence-corrected chi connectivity index (χ3v) is 2.06. The summed E-state index contributed by atoms with van der Waals surface area (Å²) in [5, 5.41) is 0. The Labute approximate surface area is 77.3 Å². The molecule has 0 saturated heterocycles. The van der Waals surface area contributed by atoms with Crippen LogP contribution in [0.15, 0.2) is 12.1 Å². The highest BCUT2D eigenvalue weighted by Crippen LogP contribution is 2.32. The van der Waals surface area contributed by atoms with Gasteiger partial charge >= 0.3 is 0 Å². The van der Waals surface area contributed by atoms with Gasteiger partial charge in [-0.25, -0.2) is 4.39 Å². The zero-order valence-corrected chi connectivity index (χ0v) is 8.06. The molecule has 72 valence electrons. The number of aryl methyl sites for hydroxylation is 1. The highest BCUT2D eigenvalue weighted by molar-refractivity contribution is 5.49. The van der Waals surface area contributed by atoms with Crippen molar-refractivity contribution in [3.05, 3.63) is 23.3 Å². The molecule has 0 atom stereocenters. The molecular weight excluding hydrogens is 171 g/mol. The summed E-state index contributed by atoms with van der Waals surface area (Å²) in [5.41, 5.74) is 1.97. The first-order valence-corrected chi connectivity index (χ1v) is 4.03. The molecule has 1 rings (SSSR count). The van der Waals surface area contributed by atoms with Gasteiger partial charge in [0, 0.05) is 0 Å². The lowest BCUT2D eigenvalue weighted by Crippen LogP contribution is -1.98. The molecule has 0 aliphatic heterocycles. The van der Waals surface area contributed by atoms with Gasteiger partial charge in [-0.3, -0.25) is 0 Å². The molecule has 1 aromatic carbocycles. The molecule has 0 radical (unpaired) electrons. The number of rotatable bonds is 3. The Kier molecular flexibility index (Phi) is 3.12.